The largest absolute Gasteiger partial charge is 0.435 e. The summed E-state index contributed by atoms with van der Waals surface area (Å²) in [7, 11) is 0. The Morgan fingerprint density at radius 2 is 2.10 bits per heavy atom. The average Bonchev–Trinajstić information content (AvgIpc) is 2.44. The fraction of sp³-hybridized carbons (Fsp3) is 0.286. The zero-order valence-corrected chi connectivity index (χ0v) is 12.0. The summed E-state index contributed by atoms with van der Waals surface area (Å²) in [5.41, 5.74) is 0.800. The highest BCUT2D eigenvalue weighted by Gasteiger charge is 2.14. The van der Waals surface area contributed by atoms with Crippen molar-refractivity contribution in [2.75, 3.05) is 11.9 Å². The van der Waals surface area contributed by atoms with Gasteiger partial charge in [-0.05, 0) is 25.5 Å². The Morgan fingerprint density at radius 3 is 2.80 bits per heavy atom. The Balaban J connectivity index is 2.38. The van der Waals surface area contributed by atoms with E-state index in [2.05, 4.69) is 15.3 Å². The van der Waals surface area contributed by atoms with Crippen molar-refractivity contribution in [2.24, 2.45) is 0 Å². The highest BCUT2D eigenvalue weighted by molar-refractivity contribution is 6.30. The predicted molar refractivity (Wildman–Crippen MR) is 77.1 cm³/mol. The molecule has 0 radical (unpaired) electrons. The molecule has 0 saturated heterocycles. The number of halogens is 2. The van der Waals surface area contributed by atoms with Crippen molar-refractivity contribution in [1.29, 1.82) is 0 Å². The Kier molecular flexibility index (Phi) is 4.74. The van der Waals surface area contributed by atoms with Gasteiger partial charge in [0, 0.05) is 6.54 Å². The molecule has 0 aliphatic carbocycles. The van der Waals surface area contributed by atoms with Crippen LogP contribution in [0.3, 0.4) is 0 Å². The Labute approximate surface area is 122 Å². The van der Waals surface area contributed by atoms with Crippen LogP contribution in [0.1, 0.15) is 19.4 Å². The van der Waals surface area contributed by atoms with Gasteiger partial charge >= 0.3 is 0 Å². The lowest BCUT2D eigenvalue weighted by Gasteiger charge is -2.13. The molecule has 1 heterocycles. The Hall–Kier alpha value is -1.88. The van der Waals surface area contributed by atoms with E-state index in [1.165, 1.54) is 18.5 Å². The van der Waals surface area contributed by atoms with Crippen LogP contribution in [0.5, 0.6) is 11.6 Å². The second kappa shape index (κ2) is 6.52. The SMILES string of the molecule is CCNc1ncnc(Oc2cccc(Cl)c2F)c1CC. The molecule has 0 atom stereocenters. The van der Waals surface area contributed by atoms with Crippen molar-refractivity contribution in [2.45, 2.75) is 20.3 Å². The number of hydrogen-bond acceptors (Lipinski definition) is 4. The maximum absolute atomic E-state index is 13.9. The molecular weight excluding hydrogens is 281 g/mol. The standard InChI is InChI=1S/C14H15ClFN3O/c1-3-9-13(17-4-2)18-8-19-14(9)20-11-7-5-6-10(15)12(11)16/h5-8H,3-4H2,1-2H3,(H,17,18,19). The van der Waals surface area contributed by atoms with Gasteiger partial charge in [0.25, 0.3) is 0 Å². The van der Waals surface area contributed by atoms with Gasteiger partial charge in [0.05, 0.1) is 10.6 Å². The first-order valence-electron chi connectivity index (χ1n) is 6.37. The molecule has 20 heavy (non-hydrogen) atoms. The lowest BCUT2D eigenvalue weighted by molar-refractivity contribution is 0.422. The minimum absolute atomic E-state index is 0.0153. The smallest absolute Gasteiger partial charge is 0.227 e. The van der Waals surface area contributed by atoms with Gasteiger partial charge in [-0.15, -0.1) is 0 Å². The second-order valence-electron chi connectivity index (χ2n) is 4.04. The normalized spacial score (nSPS) is 10.4. The molecule has 6 heteroatoms. The molecule has 4 nitrogen and oxygen atoms in total. The van der Waals surface area contributed by atoms with Crippen LogP contribution >= 0.6 is 11.6 Å². The van der Waals surface area contributed by atoms with E-state index < -0.39 is 5.82 Å². The van der Waals surface area contributed by atoms with E-state index in [-0.39, 0.29) is 10.8 Å². The molecule has 0 bridgehead atoms. The van der Waals surface area contributed by atoms with E-state index in [1.807, 2.05) is 13.8 Å². The summed E-state index contributed by atoms with van der Waals surface area (Å²) in [6.07, 6.45) is 2.05. The molecule has 1 aromatic heterocycles. The number of aromatic nitrogens is 2. The maximum Gasteiger partial charge on any atom is 0.227 e. The third-order valence-electron chi connectivity index (χ3n) is 2.73. The lowest BCUT2D eigenvalue weighted by atomic mass is 10.2. The second-order valence-corrected chi connectivity index (χ2v) is 4.45. The highest BCUT2D eigenvalue weighted by atomic mass is 35.5. The molecule has 0 spiro atoms. The Bertz CT molecular complexity index is 607. The third kappa shape index (κ3) is 2.99. The van der Waals surface area contributed by atoms with Gasteiger partial charge in [-0.25, -0.2) is 14.4 Å². The molecule has 1 N–H and O–H groups in total. The van der Waals surface area contributed by atoms with Crippen molar-refractivity contribution < 1.29 is 9.13 Å². The van der Waals surface area contributed by atoms with E-state index in [1.54, 1.807) is 6.07 Å². The van der Waals surface area contributed by atoms with Gasteiger partial charge in [0.1, 0.15) is 12.1 Å². The summed E-state index contributed by atoms with van der Waals surface area (Å²) in [5, 5.41) is 3.14. The molecule has 0 unspecified atom stereocenters. The number of hydrogen-bond donors (Lipinski definition) is 1. The maximum atomic E-state index is 13.9. The number of anilines is 1. The molecule has 0 amide bonds. The van der Waals surface area contributed by atoms with E-state index >= 15 is 0 Å². The molecule has 2 rings (SSSR count). The first-order valence-corrected chi connectivity index (χ1v) is 6.74. The number of benzene rings is 1. The fourth-order valence-corrected chi connectivity index (χ4v) is 1.96. The number of ether oxygens (including phenoxy) is 1. The van der Waals surface area contributed by atoms with Gasteiger partial charge in [0.15, 0.2) is 11.6 Å². The first-order chi connectivity index (χ1) is 9.67. The van der Waals surface area contributed by atoms with E-state index in [9.17, 15) is 4.39 Å². The van der Waals surface area contributed by atoms with Crippen LogP contribution in [-0.2, 0) is 6.42 Å². The zero-order chi connectivity index (χ0) is 14.5. The van der Waals surface area contributed by atoms with Crippen molar-refractivity contribution in [3.63, 3.8) is 0 Å². The lowest BCUT2D eigenvalue weighted by Crippen LogP contribution is -2.06. The molecule has 1 aromatic carbocycles. The van der Waals surface area contributed by atoms with Crippen molar-refractivity contribution >= 4 is 17.4 Å². The number of nitrogens with zero attached hydrogens (tertiary/aromatic N) is 2. The summed E-state index contributed by atoms with van der Waals surface area (Å²) >= 11 is 5.73. The molecule has 0 aliphatic heterocycles. The van der Waals surface area contributed by atoms with E-state index in [0.29, 0.717) is 18.1 Å². The molecule has 0 fully saturated rings. The quantitative estimate of drug-likeness (QED) is 0.904. The molecular formula is C14H15ClFN3O. The van der Waals surface area contributed by atoms with Crippen LogP contribution in [0.15, 0.2) is 24.5 Å². The number of nitrogens with one attached hydrogen (secondary N) is 1. The van der Waals surface area contributed by atoms with E-state index in [0.717, 1.165) is 12.1 Å². The van der Waals surface area contributed by atoms with Gasteiger partial charge in [-0.3, -0.25) is 0 Å². The van der Waals surface area contributed by atoms with Crippen LogP contribution in [0.25, 0.3) is 0 Å². The topological polar surface area (TPSA) is 47.0 Å². The highest BCUT2D eigenvalue weighted by Crippen LogP contribution is 2.31. The predicted octanol–water partition coefficient (Wildman–Crippen LogP) is 4.06. The van der Waals surface area contributed by atoms with E-state index in [4.69, 9.17) is 16.3 Å². The van der Waals surface area contributed by atoms with Gasteiger partial charge in [0.2, 0.25) is 5.88 Å². The van der Waals surface area contributed by atoms with Crippen molar-refractivity contribution in [3.8, 4) is 11.6 Å². The van der Waals surface area contributed by atoms with Gasteiger partial charge < -0.3 is 10.1 Å². The molecule has 2 aromatic rings. The van der Waals surface area contributed by atoms with Crippen molar-refractivity contribution in [1.82, 2.24) is 9.97 Å². The zero-order valence-electron chi connectivity index (χ0n) is 11.3. The summed E-state index contributed by atoms with van der Waals surface area (Å²) in [6.45, 7) is 4.66. The average molecular weight is 296 g/mol. The Morgan fingerprint density at radius 1 is 1.30 bits per heavy atom. The fourth-order valence-electron chi connectivity index (χ4n) is 1.79. The summed E-state index contributed by atoms with van der Waals surface area (Å²) in [4.78, 5) is 8.23. The van der Waals surface area contributed by atoms with Crippen molar-refractivity contribution in [3.05, 3.63) is 40.9 Å². The molecule has 0 saturated carbocycles. The van der Waals surface area contributed by atoms with Crippen LogP contribution in [0.2, 0.25) is 5.02 Å². The molecule has 0 aliphatic rings. The minimum atomic E-state index is -0.597. The molecule has 106 valence electrons. The first kappa shape index (κ1) is 14.5. The van der Waals surface area contributed by atoms with Gasteiger partial charge in [-0.1, -0.05) is 24.6 Å². The number of rotatable bonds is 5. The van der Waals surface area contributed by atoms with Crippen LogP contribution in [0, 0.1) is 5.82 Å². The summed E-state index contributed by atoms with van der Waals surface area (Å²) < 4.78 is 19.4. The van der Waals surface area contributed by atoms with Crippen LogP contribution in [0.4, 0.5) is 10.2 Å². The van der Waals surface area contributed by atoms with Crippen LogP contribution < -0.4 is 10.1 Å². The summed E-state index contributed by atoms with van der Waals surface area (Å²) in [6, 6.07) is 4.60. The third-order valence-corrected chi connectivity index (χ3v) is 3.02. The van der Waals surface area contributed by atoms with Crippen LogP contribution in [-0.4, -0.2) is 16.5 Å². The summed E-state index contributed by atoms with van der Waals surface area (Å²) in [5.74, 6) is 0.482. The van der Waals surface area contributed by atoms with Gasteiger partial charge in [-0.2, -0.15) is 0 Å². The monoisotopic (exact) mass is 295 g/mol. The minimum Gasteiger partial charge on any atom is -0.435 e.